The molecule has 0 heterocycles. The van der Waals surface area contributed by atoms with Crippen molar-refractivity contribution in [2.45, 2.75) is 168 Å². The van der Waals surface area contributed by atoms with E-state index in [4.69, 9.17) is 10.3 Å². The molecule has 2 aromatic rings. The molecule has 0 fully saturated rings. The van der Waals surface area contributed by atoms with Gasteiger partial charge >= 0.3 is 18.9 Å². The van der Waals surface area contributed by atoms with Crippen molar-refractivity contribution < 1.29 is 18.9 Å². The molecule has 0 spiro atoms. The van der Waals surface area contributed by atoms with Crippen molar-refractivity contribution in [2.24, 2.45) is 4.99 Å². The van der Waals surface area contributed by atoms with Gasteiger partial charge in [0, 0.05) is 54.2 Å². The van der Waals surface area contributed by atoms with E-state index in [1.807, 2.05) is 0 Å². The second-order valence-corrected chi connectivity index (χ2v) is 55.5. The van der Waals surface area contributed by atoms with Crippen LogP contribution in [-0.4, -0.2) is 54.2 Å². The molecule has 2 nitrogen and oxygen atoms in total. The number of allylic oxidation sites excluding steroid dienone is 2. The zero-order valence-electron chi connectivity index (χ0n) is 37.5. The maximum absolute atomic E-state index is 5.81. The fourth-order valence-electron chi connectivity index (χ4n) is 10.3. The molecule has 0 saturated heterocycles. The van der Waals surface area contributed by atoms with E-state index in [2.05, 4.69) is 183 Å². The Bertz CT molecular complexity index is 1430. The second-order valence-electron chi connectivity index (χ2n) is 21.9. The van der Waals surface area contributed by atoms with Crippen molar-refractivity contribution >= 4 is 65.5 Å². The van der Waals surface area contributed by atoms with E-state index in [-0.39, 0.29) is 18.9 Å². The molecule has 50 heavy (non-hydrogen) atoms. The Labute approximate surface area is 329 Å². The first-order valence-electron chi connectivity index (χ1n) is 18.9. The van der Waals surface area contributed by atoms with Crippen LogP contribution in [0.1, 0.15) is 62.7 Å². The van der Waals surface area contributed by atoms with Gasteiger partial charge in [-0.25, -0.2) is 0 Å². The van der Waals surface area contributed by atoms with Gasteiger partial charge in [-0.15, -0.1) is 5.69 Å². The first kappa shape index (κ1) is 47.6. The minimum atomic E-state index is -1.64. The molecule has 0 saturated carbocycles. The number of benzene rings is 2. The Kier molecular flexibility index (Phi) is 15.7. The van der Waals surface area contributed by atoms with Crippen LogP contribution in [0.25, 0.3) is 5.32 Å². The van der Waals surface area contributed by atoms with Gasteiger partial charge in [0.2, 0.25) is 0 Å². The van der Waals surface area contributed by atoms with Crippen molar-refractivity contribution in [3.05, 3.63) is 74.7 Å². The summed E-state index contributed by atoms with van der Waals surface area (Å²) in [6.45, 7) is 58.2. The van der Waals surface area contributed by atoms with Crippen LogP contribution >= 0.6 is 0 Å². The maximum atomic E-state index is 5.81. The Morgan fingerprint density at radius 3 is 1.16 bits per heavy atom. The zero-order chi connectivity index (χ0) is 38.5. The van der Waals surface area contributed by atoms with Gasteiger partial charge in [-0.1, -0.05) is 172 Å². The van der Waals surface area contributed by atoms with Crippen LogP contribution in [-0.2, 0) is 0 Å². The van der Waals surface area contributed by atoms with E-state index in [0.29, 0.717) is 15.5 Å². The Balaban J connectivity index is 0.0000125. The fourth-order valence-corrected chi connectivity index (χ4v) is 48.4. The molecule has 0 amide bonds. The van der Waals surface area contributed by atoms with E-state index in [1.54, 1.807) is 16.7 Å². The average molecular weight is 774 g/mol. The molecular formula is C41H77LiN2Si6. The van der Waals surface area contributed by atoms with E-state index in [1.165, 1.54) is 22.4 Å². The predicted molar refractivity (Wildman–Crippen MR) is 245 cm³/mol. The minimum Gasteiger partial charge on any atom is -0.661 e. The smallest absolute Gasteiger partial charge is 0.661 e. The molecular weight excluding hydrogens is 696 g/mol. The summed E-state index contributed by atoms with van der Waals surface area (Å²) in [6, 6.07) is 10.00. The Hall–Kier alpha value is -0.451. The van der Waals surface area contributed by atoms with Crippen LogP contribution < -0.4 is 18.9 Å². The summed E-state index contributed by atoms with van der Waals surface area (Å²) < 4.78 is 0. The van der Waals surface area contributed by atoms with Gasteiger partial charge in [-0.3, -0.25) is 4.99 Å². The molecule has 9 heteroatoms. The summed E-state index contributed by atoms with van der Waals surface area (Å²) in [5, 5.41) is 7.75. The van der Waals surface area contributed by atoms with Crippen LogP contribution in [0.3, 0.4) is 0 Å². The van der Waals surface area contributed by atoms with E-state index in [0.717, 1.165) is 17.1 Å². The SMILES string of the molecule is CC(/C=C(/C)[N-]c1c(C([Si](C)(C)C)[Si](C)(C)C)cc(C([Si](C)(C)C)[Si](C)(C)C)cc1C([Si](C)(C)C)[Si](C)(C)C)=Nc1c(C)cc(C)cc1C.[Li+]. The molecule has 0 radical (unpaired) electrons. The van der Waals surface area contributed by atoms with Crippen molar-refractivity contribution in [1.82, 2.24) is 0 Å². The summed E-state index contributed by atoms with van der Waals surface area (Å²) >= 11 is 0. The molecule has 276 valence electrons. The molecule has 0 aliphatic rings. The first-order valence-corrected chi connectivity index (χ1v) is 40.3. The van der Waals surface area contributed by atoms with Crippen LogP contribution in [0.2, 0.25) is 118 Å². The number of hydrogen-bond donors (Lipinski definition) is 0. The molecule has 0 aliphatic heterocycles. The van der Waals surface area contributed by atoms with Crippen LogP contribution in [0.15, 0.2) is 41.0 Å². The third-order valence-corrected chi connectivity index (χ3v) is 37.9. The van der Waals surface area contributed by atoms with Crippen molar-refractivity contribution in [3.8, 4) is 0 Å². The van der Waals surface area contributed by atoms with E-state index < -0.39 is 48.4 Å². The molecule has 2 rings (SSSR count). The quantitative estimate of drug-likeness (QED) is 0.143. The third-order valence-electron chi connectivity index (χ3n) is 9.97. The van der Waals surface area contributed by atoms with Gasteiger partial charge in [0.05, 0.1) is 5.69 Å². The Morgan fingerprint density at radius 2 is 0.860 bits per heavy atom. The maximum Gasteiger partial charge on any atom is 1.00 e. The van der Waals surface area contributed by atoms with Crippen LogP contribution in [0.4, 0.5) is 11.4 Å². The van der Waals surface area contributed by atoms with Crippen LogP contribution in [0.5, 0.6) is 0 Å². The van der Waals surface area contributed by atoms with E-state index in [9.17, 15) is 0 Å². The molecule has 0 atom stereocenters. The van der Waals surface area contributed by atoms with E-state index >= 15 is 0 Å². The van der Waals surface area contributed by atoms with Crippen molar-refractivity contribution in [2.75, 3.05) is 0 Å². The topological polar surface area (TPSA) is 26.5 Å². The summed E-state index contributed by atoms with van der Waals surface area (Å²) in [7, 11) is -9.63. The standard InChI is InChI=1S/C41H77N2Si6.Li/c1-29-24-30(2)37(31(3)25-29)42-32(4)26-33(5)43-38-35(40(46(12,13)14)47(15,16)17)27-34(39(44(6,7)8)45(9,10)11)28-36(38)41(48(18,19)20)49(21,22)23;/h24-28,39-41H,1-23H3;/q-1;+1/b33-26-,42-32?;. The van der Waals surface area contributed by atoms with Crippen molar-refractivity contribution in [1.29, 1.82) is 0 Å². The summed E-state index contributed by atoms with van der Waals surface area (Å²) in [4.78, 5) is 5.16. The normalized spacial score (nSPS) is 14.5. The predicted octanol–water partition coefficient (Wildman–Crippen LogP) is 11.8. The largest absolute Gasteiger partial charge is 1.00 e. The third kappa shape index (κ3) is 12.3. The number of hydrogen-bond acceptors (Lipinski definition) is 1. The summed E-state index contributed by atoms with van der Waals surface area (Å²) in [6.07, 6.45) is 2.24. The van der Waals surface area contributed by atoms with Gasteiger partial charge < -0.3 is 5.32 Å². The molecule has 0 aliphatic carbocycles. The minimum absolute atomic E-state index is 0. The zero-order valence-corrected chi connectivity index (χ0v) is 43.5. The fraction of sp³-hybridized carbons (Fsp3) is 0.634. The second kappa shape index (κ2) is 16.5. The van der Waals surface area contributed by atoms with Gasteiger partial charge in [-0.05, 0) is 59.9 Å². The summed E-state index contributed by atoms with van der Waals surface area (Å²) in [5.41, 5.74) is 13.1. The monoisotopic (exact) mass is 772 g/mol. The number of aliphatic imine (C=N–C) groups is 1. The van der Waals surface area contributed by atoms with Gasteiger partial charge in [0.15, 0.2) is 0 Å². The van der Waals surface area contributed by atoms with Gasteiger partial charge in [0.1, 0.15) is 0 Å². The Morgan fingerprint density at radius 1 is 0.540 bits per heavy atom. The number of aryl methyl sites for hydroxylation is 3. The average Bonchev–Trinajstić information content (AvgIpc) is 2.77. The van der Waals surface area contributed by atoms with Gasteiger partial charge in [0.25, 0.3) is 0 Å². The van der Waals surface area contributed by atoms with Crippen molar-refractivity contribution in [3.63, 3.8) is 0 Å². The molecule has 0 N–H and O–H groups in total. The summed E-state index contributed by atoms with van der Waals surface area (Å²) in [5.74, 6) is 0. The molecule has 2 aromatic carbocycles. The van der Waals surface area contributed by atoms with Gasteiger partial charge in [-0.2, -0.15) is 5.70 Å². The molecule has 0 unspecified atom stereocenters. The van der Waals surface area contributed by atoms with Crippen LogP contribution in [0, 0.1) is 20.8 Å². The molecule has 0 aromatic heterocycles. The number of rotatable bonds is 13. The molecule has 0 bridgehead atoms. The first-order chi connectivity index (χ1) is 21.7. The number of nitrogens with zero attached hydrogens (tertiary/aromatic N) is 2.